The Labute approximate surface area is 138 Å². The number of aromatic amines is 1. The van der Waals surface area contributed by atoms with Gasteiger partial charge in [0.1, 0.15) is 11.3 Å². The highest BCUT2D eigenvalue weighted by atomic mass is 32.2. The second-order valence-corrected chi connectivity index (χ2v) is 7.68. The Kier molecular flexibility index (Phi) is 3.44. The molecule has 124 valence electrons. The van der Waals surface area contributed by atoms with E-state index in [0.29, 0.717) is 16.9 Å². The van der Waals surface area contributed by atoms with Crippen molar-refractivity contribution in [3.63, 3.8) is 0 Å². The molecule has 24 heavy (non-hydrogen) atoms. The third kappa shape index (κ3) is 2.70. The number of nitrogens with zero attached hydrogens (tertiary/aromatic N) is 4. The number of rotatable bonds is 5. The summed E-state index contributed by atoms with van der Waals surface area (Å²) in [6.45, 7) is 0.182. The topological polar surface area (TPSA) is 135 Å². The Balaban J connectivity index is 1.49. The van der Waals surface area contributed by atoms with Crippen LogP contribution in [0.1, 0.15) is 5.01 Å². The van der Waals surface area contributed by atoms with E-state index < -0.39 is 15.8 Å². The summed E-state index contributed by atoms with van der Waals surface area (Å²) < 4.78 is 33.5. The van der Waals surface area contributed by atoms with Crippen molar-refractivity contribution in [1.82, 2.24) is 29.5 Å². The predicted molar refractivity (Wildman–Crippen MR) is 84.4 cm³/mol. The van der Waals surface area contributed by atoms with Gasteiger partial charge < -0.3 is 4.42 Å². The van der Waals surface area contributed by atoms with Crippen molar-refractivity contribution in [2.24, 2.45) is 0 Å². The van der Waals surface area contributed by atoms with Crippen LogP contribution in [-0.4, -0.2) is 39.8 Å². The molecular weight excluding hydrogens is 356 g/mol. The van der Waals surface area contributed by atoms with Crippen LogP contribution in [0.4, 0.5) is 0 Å². The van der Waals surface area contributed by atoms with Gasteiger partial charge in [-0.25, -0.2) is 17.9 Å². The Morgan fingerprint density at radius 2 is 2.25 bits per heavy atom. The summed E-state index contributed by atoms with van der Waals surface area (Å²) in [5, 5.41) is 12.5. The van der Waals surface area contributed by atoms with Gasteiger partial charge in [-0.15, -0.1) is 10.2 Å². The van der Waals surface area contributed by atoms with Gasteiger partial charge in [0.25, 0.3) is 0 Å². The maximum absolute atomic E-state index is 12.3. The first kappa shape index (κ1) is 15.0. The van der Waals surface area contributed by atoms with E-state index in [-0.39, 0.29) is 17.0 Å². The van der Waals surface area contributed by atoms with E-state index in [0.717, 1.165) is 5.01 Å². The molecule has 0 aliphatic rings. The summed E-state index contributed by atoms with van der Waals surface area (Å²) in [5.74, 6) is -0.629. The Hall–Kier alpha value is -2.57. The van der Waals surface area contributed by atoms with Crippen molar-refractivity contribution < 1.29 is 12.8 Å². The predicted octanol–water partition coefficient (Wildman–Crippen LogP) is 0.141. The molecule has 0 saturated heterocycles. The zero-order valence-electron chi connectivity index (χ0n) is 12.0. The first-order chi connectivity index (χ1) is 11.5. The molecule has 0 aliphatic heterocycles. The molecule has 0 saturated carbocycles. The molecule has 0 spiro atoms. The van der Waals surface area contributed by atoms with Crippen molar-refractivity contribution >= 4 is 37.4 Å². The van der Waals surface area contributed by atoms with Crippen molar-refractivity contribution in [3.8, 4) is 0 Å². The summed E-state index contributed by atoms with van der Waals surface area (Å²) in [6, 6.07) is 4.19. The molecule has 0 aliphatic carbocycles. The summed E-state index contributed by atoms with van der Waals surface area (Å²) in [4.78, 5) is 14.3. The highest BCUT2D eigenvalue weighted by molar-refractivity contribution is 7.89. The summed E-state index contributed by atoms with van der Waals surface area (Å²) in [5.41, 5.74) is 0.634. The van der Waals surface area contributed by atoms with Crippen LogP contribution in [0.25, 0.3) is 16.1 Å². The van der Waals surface area contributed by atoms with Gasteiger partial charge in [-0.05, 0) is 12.1 Å². The Bertz CT molecular complexity index is 1160. The molecular formula is C12H10N6O4S2. The largest absolute Gasteiger partial charge is 0.417 e. The minimum Gasteiger partial charge on any atom is -0.408 e. The lowest BCUT2D eigenvalue weighted by molar-refractivity contribution is 0.553. The van der Waals surface area contributed by atoms with Gasteiger partial charge in [0, 0.05) is 19.0 Å². The maximum Gasteiger partial charge on any atom is 0.417 e. The molecule has 4 rings (SSSR count). The second kappa shape index (κ2) is 5.51. The quantitative estimate of drug-likeness (QED) is 0.513. The molecule has 0 radical (unpaired) electrons. The Morgan fingerprint density at radius 1 is 1.38 bits per heavy atom. The third-order valence-electron chi connectivity index (χ3n) is 3.26. The van der Waals surface area contributed by atoms with Crippen LogP contribution < -0.4 is 10.5 Å². The van der Waals surface area contributed by atoms with Gasteiger partial charge in [0.2, 0.25) is 15.0 Å². The fourth-order valence-electron chi connectivity index (χ4n) is 2.17. The van der Waals surface area contributed by atoms with Gasteiger partial charge in [0.15, 0.2) is 5.58 Å². The number of nitrogens with one attached hydrogen (secondary N) is 2. The molecule has 4 aromatic rings. The lowest BCUT2D eigenvalue weighted by Crippen LogP contribution is -2.26. The van der Waals surface area contributed by atoms with Gasteiger partial charge in [-0.1, -0.05) is 11.3 Å². The number of aromatic nitrogens is 5. The van der Waals surface area contributed by atoms with Crippen LogP contribution in [0, 0.1) is 0 Å². The molecule has 12 heteroatoms. The highest BCUT2D eigenvalue weighted by Gasteiger charge is 2.16. The molecule has 0 bridgehead atoms. The summed E-state index contributed by atoms with van der Waals surface area (Å²) >= 11 is 1.34. The van der Waals surface area contributed by atoms with E-state index in [9.17, 15) is 13.2 Å². The molecule has 0 amide bonds. The van der Waals surface area contributed by atoms with E-state index in [1.807, 2.05) is 0 Å². The van der Waals surface area contributed by atoms with E-state index in [1.54, 1.807) is 0 Å². The van der Waals surface area contributed by atoms with Gasteiger partial charge in [-0.3, -0.25) is 4.98 Å². The average molecular weight is 366 g/mol. The lowest BCUT2D eigenvalue weighted by atomic mass is 10.3. The molecule has 3 aromatic heterocycles. The average Bonchev–Trinajstić information content (AvgIpc) is 3.18. The van der Waals surface area contributed by atoms with E-state index in [4.69, 9.17) is 4.42 Å². The van der Waals surface area contributed by atoms with Crippen LogP contribution >= 0.6 is 11.3 Å². The molecule has 2 N–H and O–H groups in total. The molecule has 0 fully saturated rings. The standard InChI is InChI=1S/C12H10N6O4S2/c19-12-15-8-2-1-7(5-9(8)22-12)24(20,21)14-4-3-10-17-18-6-13-16-11(18)23-10/h1-2,5-6,14H,3-4H2,(H,15,19). The van der Waals surface area contributed by atoms with Crippen molar-refractivity contribution in [3.05, 3.63) is 40.1 Å². The highest BCUT2D eigenvalue weighted by Crippen LogP contribution is 2.17. The number of benzene rings is 1. The number of fused-ring (bicyclic) bond motifs is 2. The summed E-state index contributed by atoms with van der Waals surface area (Å²) in [7, 11) is -3.71. The number of hydrogen-bond acceptors (Lipinski definition) is 8. The van der Waals surface area contributed by atoms with Crippen LogP contribution in [0.15, 0.2) is 38.6 Å². The van der Waals surface area contributed by atoms with Crippen LogP contribution in [-0.2, 0) is 16.4 Å². The first-order valence-electron chi connectivity index (χ1n) is 6.79. The van der Waals surface area contributed by atoms with Crippen LogP contribution in [0.3, 0.4) is 0 Å². The van der Waals surface area contributed by atoms with Crippen LogP contribution in [0.5, 0.6) is 0 Å². The number of oxazole rings is 1. The smallest absolute Gasteiger partial charge is 0.408 e. The summed E-state index contributed by atoms with van der Waals surface area (Å²) in [6.07, 6.45) is 1.91. The van der Waals surface area contributed by atoms with Crippen molar-refractivity contribution in [1.29, 1.82) is 0 Å². The molecule has 3 heterocycles. The third-order valence-corrected chi connectivity index (χ3v) is 5.69. The monoisotopic (exact) mass is 366 g/mol. The minimum absolute atomic E-state index is 0.0240. The number of hydrogen-bond donors (Lipinski definition) is 2. The first-order valence-corrected chi connectivity index (χ1v) is 9.09. The zero-order valence-corrected chi connectivity index (χ0v) is 13.6. The second-order valence-electron chi connectivity index (χ2n) is 4.87. The minimum atomic E-state index is -3.71. The lowest BCUT2D eigenvalue weighted by Gasteiger charge is -2.05. The fraction of sp³-hybridized carbons (Fsp3) is 0.167. The van der Waals surface area contributed by atoms with Crippen molar-refractivity contribution in [2.75, 3.05) is 6.54 Å². The van der Waals surface area contributed by atoms with Gasteiger partial charge in [-0.2, -0.15) is 9.61 Å². The number of sulfonamides is 1. The molecule has 10 nitrogen and oxygen atoms in total. The zero-order chi connectivity index (χ0) is 16.7. The molecule has 0 atom stereocenters. The number of H-pyrrole nitrogens is 1. The SMILES string of the molecule is O=c1[nH]c2ccc(S(=O)(=O)NCCc3nn4cnnc4s3)cc2o1. The Morgan fingerprint density at radius 3 is 3.08 bits per heavy atom. The normalized spacial score (nSPS) is 12.3. The maximum atomic E-state index is 12.3. The molecule has 0 unspecified atom stereocenters. The van der Waals surface area contributed by atoms with Crippen molar-refractivity contribution in [2.45, 2.75) is 11.3 Å². The van der Waals surface area contributed by atoms with E-state index in [2.05, 4.69) is 25.0 Å². The van der Waals surface area contributed by atoms with Gasteiger partial charge >= 0.3 is 5.76 Å². The van der Waals surface area contributed by atoms with Crippen LogP contribution in [0.2, 0.25) is 0 Å². The van der Waals surface area contributed by atoms with E-state index in [1.165, 1.54) is 40.4 Å². The fourth-order valence-corrected chi connectivity index (χ4v) is 4.03. The van der Waals surface area contributed by atoms with E-state index >= 15 is 0 Å². The van der Waals surface area contributed by atoms with Gasteiger partial charge in [0.05, 0.1) is 10.4 Å². The molecule has 1 aromatic carbocycles.